The molecule has 0 aromatic heterocycles. The number of benzene rings is 1. The van der Waals surface area contributed by atoms with Crippen LogP contribution in [0.3, 0.4) is 0 Å². The standard InChI is InChI=1S/C15H16F3NO4/c16-15(17,18)23-11-3-1-10(2-4-11)9-14(6-7-14)13(22)19-8-5-12(20)21/h1-4H,5-9H2,(H,19,22)(H,20,21). The van der Waals surface area contributed by atoms with Crippen LogP contribution in [0.2, 0.25) is 0 Å². The van der Waals surface area contributed by atoms with Crippen LogP contribution in [0.5, 0.6) is 5.75 Å². The quantitative estimate of drug-likeness (QED) is 0.805. The third-order valence-electron chi connectivity index (χ3n) is 3.66. The SMILES string of the molecule is O=C(O)CCNC(=O)C1(Cc2ccc(OC(F)(F)F)cc2)CC1. The molecule has 2 N–H and O–H groups in total. The molecule has 0 atom stereocenters. The molecular formula is C15H16F3NO4. The van der Waals surface area contributed by atoms with Crippen LogP contribution >= 0.6 is 0 Å². The molecule has 1 saturated carbocycles. The molecular weight excluding hydrogens is 315 g/mol. The summed E-state index contributed by atoms with van der Waals surface area (Å²) in [4.78, 5) is 22.5. The molecule has 23 heavy (non-hydrogen) atoms. The lowest BCUT2D eigenvalue weighted by atomic mass is 9.95. The van der Waals surface area contributed by atoms with E-state index in [0.29, 0.717) is 19.3 Å². The smallest absolute Gasteiger partial charge is 0.481 e. The van der Waals surface area contributed by atoms with E-state index in [1.165, 1.54) is 24.3 Å². The number of carboxylic acid groups (broad SMARTS) is 1. The molecule has 1 aromatic rings. The topological polar surface area (TPSA) is 75.6 Å². The number of hydrogen-bond donors (Lipinski definition) is 2. The van der Waals surface area contributed by atoms with Crippen LogP contribution in [-0.2, 0) is 16.0 Å². The van der Waals surface area contributed by atoms with Gasteiger partial charge >= 0.3 is 12.3 Å². The Labute approximate surface area is 130 Å². The Morgan fingerprint density at radius 3 is 2.30 bits per heavy atom. The van der Waals surface area contributed by atoms with Crippen LogP contribution in [0.1, 0.15) is 24.8 Å². The van der Waals surface area contributed by atoms with E-state index in [1.54, 1.807) is 0 Å². The van der Waals surface area contributed by atoms with Crippen LogP contribution in [-0.4, -0.2) is 29.9 Å². The van der Waals surface area contributed by atoms with E-state index in [0.717, 1.165) is 5.56 Å². The van der Waals surface area contributed by atoms with E-state index in [-0.39, 0.29) is 24.6 Å². The zero-order valence-electron chi connectivity index (χ0n) is 12.2. The average molecular weight is 331 g/mol. The fraction of sp³-hybridized carbons (Fsp3) is 0.467. The molecule has 126 valence electrons. The largest absolute Gasteiger partial charge is 0.573 e. The van der Waals surface area contributed by atoms with Gasteiger partial charge in [-0.25, -0.2) is 0 Å². The third-order valence-corrected chi connectivity index (χ3v) is 3.66. The first-order valence-corrected chi connectivity index (χ1v) is 7.05. The fourth-order valence-corrected chi connectivity index (χ4v) is 2.31. The zero-order chi connectivity index (χ0) is 17.1. The summed E-state index contributed by atoms with van der Waals surface area (Å²) in [5.74, 6) is -1.51. The van der Waals surface area contributed by atoms with Crippen molar-refractivity contribution in [1.29, 1.82) is 0 Å². The Morgan fingerprint density at radius 2 is 1.83 bits per heavy atom. The Hall–Kier alpha value is -2.25. The first kappa shape index (κ1) is 17.1. The van der Waals surface area contributed by atoms with Gasteiger partial charge in [0, 0.05) is 6.54 Å². The number of aliphatic carboxylic acids is 1. The van der Waals surface area contributed by atoms with Gasteiger partial charge in [-0.2, -0.15) is 0 Å². The van der Waals surface area contributed by atoms with Crippen molar-refractivity contribution in [2.75, 3.05) is 6.54 Å². The lowest BCUT2D eigenvalue weighted by molar-refractivity contribution is -0.274. The van der Waals surface area contributed by atoms with Crippen LogP contribution < -0.4 is 10.1 Å². The van der Waals surface area contributed by atoms with Gasteiger partial charge in [-0.3, -0.25) is 9.59 Å². The number of halogens is 3. The highest BCUT2D eigenvalue weighted by molar-refractivity contribution is 5.86. The van der Waals surface area contributed by atoms with Gasteiger partial charge in [-0.05, 0) is 37.0 Å². The number of hydrogen-bond acceptors (Lipinski definition) is 3. The second-order valence-corrected chi connectivity index (χ2v) is 5.55. The summed E-state index contributed by atoms with van der Waals surface area (Å²) >= 11 is 0. The van der Waals surface area contributed by atoms with E-state index >= 15 is 0 Å². The van der Waals surface area contributed by atoms with E-state index in [4.69, 9.17) is 5.11 Å². The number of amides is 1. The Balaban J connectivity index is 1.90. The minimum Gasteiger partial charge on any atom is -0.481 e. The molecule has 0 heterocycles. The number of alkyl halides is 3. The van der Waals surface area contributed by atoms with Crippen LogP contribution in [0.25, 0.3) is 0 Å². The highest BCUT2D eigenvalue weighted by atomic mass is 19.4. The predicted molar refractivity (Wildman–Crippen MR) is 73.8 cm³/mol. The number of carbonyl (C=O) groups excluding carboxylic acids is 1. The fourth-order valence-electron chi connectivity index (χ4n) is 2.31. The van der Waals surface area contributed by atoms with Gasteiger partial charge in [0.1, 0.15) is 5.75 Å². The van der Waals surface area contributed by atoms with Crippen LogP contribution in [0.15, 0.2) is 24.3 Å². The molecule has 1 fully saturated rings. The molecule has 1 aliphatic rings. The highest BCUT2D eigenvalue weighted by Crippen LogP contribution is 2.48. The maximum atomic E-state index is 12.1. The molecule has 0 unspecified atom stereocenters. The van der Waals surface area contributed by atoms with Crippen molar-refractivity contribution in [2.45, 2.75) is 32.0 Å². The summed E-state index contributed by atoms with van der Waals surface area (Å²) < 4.78 is 40.1. The van der Waals surface area contributed by atoms with Crippen molar-refractivity contribution in [2.24, 2.45) is 5.41 Å². The summed E-state index contributed by atoms with van der Waals surface area (Å²) in [6.45, 7) is 0.0638. The minimum atomic E-state index is -4.73. The van der Waals surface area contributed by atoms with E-state index in [9.17, 15) is 22.8 Å². The lowest BCUT2D eigenvalue weighted by Crippen LogP contribution is -2.34. The van der Waals surface area contributed by atoms with Crippen molar-refractivity contribution in [3.05, 3.63) is 29.8 Å². The average Bonchev–Trinajstić information content (AvgIpc) is 3.20. The molecule has 0 radical (unpaired) electrons. The predicted octanol–water partition coefficient (Wildman–Crippen LogP) is 2.50. The number of nitrogens with one attached hydrogen (secondary N) is 1. The normalized spacial score (nSPS) is 15.8. The molecule has 8 heteroatoms. The summed E-state index contributed by atoms with van der Waals surface area (Å²) in [6, 6.07) is 5.40. The lowest BCUT2D eigenvalue weighted by Gasteiger charge is -2.15. The first-order valence-electron chi connectivity index (χ1n) is 7.05. The second kappa shape index (κ2) is 6.47. The molecule has 0 bridgehead atoms. The summed E-state index contributed by atoms with van der Waals surface area (Å²) in [5.41, 5.74) is 0.149. The van der Waals surface area contributed by atoms with Gasteiger partial charge in [0.15, 0.2) is 0 Å². The van der Waals surface area contributed by atoms with E-state index < -0.39 is 17.7 Å². The summed E-state index contributed by atoms with van der Waals surface area (Å²) in [7, 11) is 0. The summed E-state index contributed by atoms with van der Waals surface area (Å²) in [5, 5.41) is 11.1. The van der Waals surface area contributed by atoms with Crippen molar-refractivity contribution in [3.8, 4) is 5.75 Å². The van der Waals surface area contributed by atoms with E-state index in [2.05, 4.69) is 10.1 Å². The maximum absolute atomic E-state index is 12.1. The van der Waals surface area contributed by atoms with E-state index in [1.807, 2.05) is 0 Å². The molecule has 0 saturated heterocycles. The van der Waals surface area contributed by atoms with Crippen molar-refractivity contribution in [1.82, 2.24) is 5.32 Å². The van der Waals surface area contributed by atoms with Gasteiger partial charge in [0.2, 0.25) is 5.91 Å². The van der Waals surface area contributed by atoms with Gasteiger partial charge in [0.05, 0.1) is 11.8 Å². The van der Waals surface area contributed by atoms with Crippen LogP contribution in [0, 0.1) is 5.41 Å². The molecule has 2 rings (SSSR count). The third kappa shape index (κ3) is 5.15. The minimum absolute atomic E-state index is 0.0638. The number of rotatable bonds is 7. The van der Waals surface area contributed by atoms with Gasteiger partial charge in [-0.15, -0.1) is 13.2 Å². The molecule has 1 aliphatic carbocycles. The number of carbonyl (C=O) groups is 2. The molecule has 5 nitrogen and oxygen atoms in total. The van der Waals surface area contributed by atoms with Gasteiger partial charge in [0.25, 0.3) is 0 Å². The Morgan fingerprint density at radius 1 is 1.22 bits per heavy atom. The van der Waals surface area contributed by atoms with Gasteiger partial charge < -0.3 is 15.2 Å². The summed E-state index contributed by atoms with van der Waals surface area (Å²) in [6.07, 6.45) is -3.13. The zero-order valence-corrected chi connectivity index (χ0v) is 12.2. The van der Waals surface area contributed by atoms with Crippen LogP contribution in [0.4, 0.5) is 13.2 Å². The van der Waals surface area contributed by atoms with Crippen molar-refractivity contribution < 1.29 is 32.6 Å². The number of carboxylic acids is 1. The van der Waals surface area contributed by atoms with Gasteiger partial charge in [-0.1, -0.05) is 12.1 Å². The molecule has 1 amide bonds. The Bertz CT molecular complexity index is 579. The maximum Gasteiger partial charge on any atom is 0.573 e. The van der Waals surface area contributed by atoms with Crippen molar-refractivity contribution in [3.63, 3.8) is 0 Å². The molecule has 0 spiro atoms. The molecule has 1 aromatic carbocycles. The van der Waals surface area contributed by atoms with Crippen molar-refractivity contribution >= 4 is 11.9 Å². The Kier molecular flexibility index (Phi) is 4.82. The molecule has 0 aliphatic heterocycles. The second-order valence-electron chi connectivity index (χ2n) is 5.55. The first-order chi connectivity index (χ1) is 10.7. The highest BCUT2D eigenvalue weighted by Gasteiger charge is 2.49. The number of ether oxygens (including phenoxy) is 1. The monoisotopic (exact) mass is 331 g/mol.